The van der Waals surface area contributed by atoms with Gasteiger partial charge in [-0.1, -0.05) is 42.5 Å². The fourth-order valence-corrected chi connectivity index (χ4v) is 4.17. The first-order chi connectivity index (χ1) is 14.6. The highest BCUT2D eigenvalue weighted by Gasteiger charge is 2.28. The van der Waals surface area contributed by atoms with Crippen LogP contribution < -0.4 is 5.32 Å². The van der Waals surface area contributed by atoms with E-state index >= 15 is 0 Å². The van der Waals surface area contributed by atoms with Crippen LogP contribution in [0.5, 0.6) is 0 Å². The molecule has 0 aliphatic carbocycles. The van der Waals surface area contributed by atoms with Crippen molar-refractivity contribution in [2.75, 3.05) is 38.2 Å². The molecule has 3 rings (SSSR count). The van der Waals surface area contributed by atoms with Crippen molar-refractivity contribution in [2.24, 2.45) is 0 Å². The Hall–Kier alpha value is -2.31. The SMILES string of the molecule is CSCC[C@@H](NC(=O)c1ccccc1)C(=O)N1CCN(Cc2ccccc2C)CC1. The molecule has 0 bridgehead atoms. The quantitative estimate of drug-likeness (QED) is 0.706. The standard InChI is InChI=1S/C24H31N3O2S/c1-19-8-6-7-11-21(19)18-26-13-15-27(16-14-26)24(29)22(12-17-30-2)25-23(28)20-9-4-3-5-10-20/h3-11,22H,12-18H2,1-2H3,(H,25,28)/t22-/m1/s1. The van der Waals surface area contributed by atoms with Crippen LogP contribution in [0.25, 0.3) is 0 Å². The zero-order valence-electron chi connectivity index (χ0n) is 17.8. The minimum absolute atomic E-state index is 0.0314. The maximum absolute atomic E-state index is 13.2. The molecule has 2 aromatic carbocycles. The monoisotopic (exact) mass is 425 g/mol. The lowest BCUT2D eigenvalue weighted by Gasteiger charge is -2.36. The van der Waals surface area contributed by atoms with E-state index in [0.717, 1.165) is 25.4 Å². The van der Waals surface area contributed by atoms with Gasteiger partial charge in [0.15, 0.2) is 0 Å². The van der Waals surface area contributed by atoms with Crippen molar-refractivity contribution >= 4 is 23.6 Å². The van der Waals surface area contributed by atoms with Gasteiger partial charge >= 0.3 is 0 Å². The van der Waals surface area contributed by atoms with Crippen LogP contribution in [0.2, 0.25) is 0 Å². The maximum atomic E-state index is 13.2. The Labute approximate surface area is 183 Å². The van der Waals surface area contributed by atoms with Crippen LogP contribution in [0.1, 0.15) is 27.9 Å². The van der Waals surface area contributed by atoms with Gasteiger partial charge in [0.1, 0.15) is 6.04 Å². The Bertz CT molecular complexity index is 835. The zero-order valence-corrected chi connectivity index (χ0v) is 18.7. The van der Waals surface area contributed by atoms with Gasteiger partial charge in [0.2, 0.25) is 5.91 Å². The predicted octanol–water partition coefficient (Wildman–Crippen LogP) is 3.19. The second-order valence-corrected chi connectivity index (χ2v) is 8.69. The number of nitrogens with zero attached hydrogens (tertiary/aromatic N) is 2. The van der Waals surface area contributed by atoms with Gasteiger partial charge in [-0.2, -0.15) is 11.8 Å². The topological polar surface area (TPSA) is 52.7 Å². The van der Waals surface area contributed by atoms with Gasteiger partial charge in [0.05, 0.1) is 0 Å². The predicted molar refractivity (Wildman–Crippen MR) is 124 cm³/mol. The summed E-state index contributed by atoms with van der Waals surface area (Å²) in [5.74, 6) is 0.677. The molecular weight excluding hydrogens is 394 g/mol. The fraction of sp³-hybridized carbons (Fsp3) is 0.417. The van der Waals surface area contributed by atoms with Gasteiger partial charge < -0.3 is 10.2 Å². The summed E-state index contributed by atoms with van der Waals surface area (Å²) in [5.41, 5.74) is 3.23. The normalized spacial score (nSPS) is 15.6. The zero-order chi connectivity index (χ0) is 21.3. The van der Waals surface area contributed by atoms with Crippen molar-refractivity contribution in [3.05, 3.63) is 71.3 Å². The lowest BCUT2D eigenvalue weighted by atomic mass is 10.1. The lowest BCUT2D eigenvalue weighted by molar-refractivity contribution is -0.135. The highest BCUT2D eigenvalue weighted by molar-refractivity contribution is 7.98. The summed E-state index contributed by atoms with van der Waals surface area (Å²) in [6, 6.07) is 17.1. The molecule has 30 heavy (non-hydrogen) atoms. The van der Waals surface area contributed by atoms with Gasteiger partial charge in [-0.25, -0.2) is 0 Å². The van der Waals surface area contributed by atoms with Gasteiger partial charge in [-0.3, -0.25) is 14.5 Å². The number of hydrogen-bond acceptors (Lipinski definition) is 4. The first-order valence-electron chi connectivity index (χ1n) is 10.5. The summed E-state index contributed by atoms with van der Waals surface area (Å²) >= 11 is 1.69. The molecule has 0 saturated carbocycles. The molecule has 1 fully saturated rings. The summed E-state index contributed by atoms with van der Waals surface area (Å²) < 4.78 is 0. The molecule has 0 aromatic heterocycles. The van der Waals surface area contributed by atoms with Crippen molar-refractivity contribution in [3.63, 3.8) is 0 Å². The molecule has 0 radical (unpaired) electrons. The Balaban J connectivity index is 1.57. The molecule has 0 unspecified atom stereocenters. The molecule has 1 N–H and O–H groups in total. The maximum Gasteiger partial charge on any atom is 0.251 e. The number of carbonyl (C=O) groups excluding carboxylic acids is 2. The Kier molecular flexibility index (Phi) is 8.34. The molecular formula is C24H31N3O2S. The van der Waals surface area contributed by atoms with E-state index < -0.39 is 6.04 Å². The van der Waals surface area contributed by atoms with Crippen LogP contribution in [0.15, 0.2) is 54.6 Å². The third-order valence-electron chi connectivity index (χ3n) is 5.59. The average Bonchev–Trinajstić information content (AvgIpc) is 2.78. The molecule has 5 nitrogen and oxygen atoms in total. The number of rotatable bonds is 8. The molecule has 160 valence electrons. The van der Waals surface area contributed by atoms with E-state index in [-0.39, 0.29) is 11.8 Å². The number of aryl methyl sites for hydroxylation is 1. The molecule has 0 spiro atoms. The Morgan fingerprint density at radius 2 is 1.67 bits per heavy atom. The number of piperazine rings is 1. The van der Waals surface area contributed by atoms with Crippen molar-refractivity contribution < 1.29 is 9.59 Å². The van der Waals surface area contributed by atoms with Gasteiger partial charge in [-0.15, -0.1) is 0 Å². The summed E-state index contributed by atoms with van der Waals surface area (Å²) in [4.78, 5) is 30.1. The van der Waals surface area contributed by atoms with Gasteiger partial charge in [0, 0.05) is 38.3 Å². The molecule has 2 amide bonds. The number of carbonyl (C=O) groups is 2. The van der Waals surface area contributed by atoms with E-state index in [1.165, 1.54) is 11.1 Å². The summed E-state index contributed by atoms with van der Waals surface area (Å²) in [6.07, 6.45) is 2.66. The van der Waals surface area contributed by atoms with E-state index in [1.807, 2.05) is 29.4 Å². The fourth-order valence-electron chi connectivity index (χ4n) is 3.70. The minimum Gasteiger partial charge on any atom is -0.340 e. The van der Waals surface area contributed by atoms with Crippen molar-refractivity contribution in [2.45, 2.75) is 25.9 Å². The number of hydrogen-bond donors (Lipinski definition) is 1. The van der Waals surface area contributed by atoms with Crippen LogP contribution in [0, 0.1) is 6.92 Å². The number of nitrogens with one attached hydrogen (secondary N) is 1. The number of thioether (sulfide) groups is 1. The largest absolute Gasteiger partial charge is 0.340 e. The molecule has 1 heterocycles. The third kappa shape index (κ3) is 6.09. The molecule has 6 heteroatoms. The van der Waals surface area contributed by atoms with Gasteiger partial charge in [0.25, 0.3) is 5.91 Å². The van der Waals surface area contributed by atoms with Crippen molar-refractivity contribution in [3.8, 4) is 0 Å². The summed E-state index contributed by atoms with van der Waals surface area (Å²) in [6.45, 7) is 6.14. The first kappa shape index (κ1) is 22.4. The lowest BCUT2D eigenvalue weighted by Crippen LogP contribution is -2.55. The van der Waals surface area contributed by atoms with Crippen molar-refractivity contribution in [1.82, 2.24) is 15.1 Å². The number of benzene rings is 2. The highest BCUT2D eigenvalue weighted by atomic mass is 32.2. The number of amides is 2. The minimum atomic E-state index is -0.479. The average molecular weight is 426 g/mol. The van der Waals surface area contributed by atoms with Crippen LogP contribution >= 0.6 is 11.8 Å². The van der Waals surface area contributed by atoms with E-state index in [9.17, 15) is 9.59 Å². The molecule has 1 saturated heterocycles. The van der Waals surface area contributed by atoms with E-state index in [2.05, 4.69) is 41.4 Å². The van der Waals surface area contributed by atoms with Crippen LogP contribution in [-0.4, -0.2) is 65.8 Å². The third-order valence-corrected chi connectivity index (χ3v) is 6.23. The molecule has 1 aliphatic heterocycles. The molecule has 1 atom stereocenters. The van der Waals surface area contributed by atoms with E-state index in [4.69, 9.17) is 0 Å². The summed E-state index contributed by atoms with van der Waals surface area (Å²) in [7, 11) is 0. The second kappa shape index (κ2) is 11.2. The van der Waals surface area contributed by atoms with E-state index in [1.54, 1.807) is 23.9 Å². The highest BCUT2D eigenvalue weighted by Crippen LogP contribution is 2.14. The molecule has 1 aliphatic rings. The van der Waals surface area contributed by atoms with Crippen molar-refractivity contribution in [1.29, 1.82) is 0 Å². The van der Waals surface area contributed by atoms with Gasteiger partial charge in [-0.05, 0) is 48.6 Å². The molecule has 2 aromatic rings. The first-order valence-corrected chi connectivity index (χ1v) is 11.9. The van der Waals surface area contributed by atoms with Crippen LogP contribution in [-0.2, 0) is 11.3 Å². The van der Waals surface area contributed by atoms with Crippen LogP contribution in [0.4, 0.5) is 0 Å². The van der Waals surface area contributed by atoms with Crippen LogP contribution in [0.3, 0.4) is 0 Å². The van der Waals surface area contributed by atoms with E-state index in [0.29, 0.717) is 25.1 Å². The second-order valence-electron chi connectivity index (χ2n) is 7.70. The Morgan fingerprint density at radius 1 is 1.00 bits per heavy atom. The smallest absolute Gasteiger partial charge is 0.251 e. The summed E-state index contributed by atoms with van der Waals surface area (Å²) in [5, 5.41) is 2.97. The Morgan fingerprint density at radius 3 is 2.33 bits per heavy atom.